The summed E-state index contributed by atoms with van der Waals surface area (Å²) in [5.74, 6) is 0.553. The van der Waals surface area contributed by atoms with E-state index in [4.69, 9.17) is 9.47 Å². The summed E-state index contributed by atoms with van der Waals surface area (Å²) in [5.41, 5.74) is 1.40. The van der Waals surface area contributed by atoms with Crippen molar-refractivity contribution in [3.8, 4) is 11.5 Å². The number of carbonyl (C=O) groups excluding carboxylic acids is 1. The molecule has 2 aromatic carbocycles. The number of anilines is 1. The van der Waals surface area contributed by atoms with E-state index < -0.39 is 15.9 Å². The average molecular weight is 433 g/mol. The molecule has 1 saturated heterocycles. The smallest absolute Gasteiger partial charge is 0.259 e. The highest BCUT2D eigenvalue weighted by Gasteiger charge is 2.27. The quantitative estimate of drug-likeness (QED) is 0.750. The van der Waals surface area contributed by atoms with Gasteiger partial charge in [0.2, 0.25) is 10.0 Å². The molecule has 7 nitrogen and oxygen atoms in total. The molecule has 3 rings (SSSR count). The third-order valence-corrected chi connectivity index (χ3v) is 7.32. The standard InChI is InChI=1S/C22H28N2O5S/c1-16-8-9-17(14-21(16)30(26,27)24-12-6-4-5-7-13-24)23-22(25)19-11-10-18(28-2)15-20(19)29-3/h8-11,14-15H,4-7,12-13H2,1-3H3,(H,23,25). The van der Waals surface area contributed by atoms with Crippen LogP contribution in [0.4, 0.5) is 5.69 Å². The first-order valence-corrected chi connectivity index (χ1v) is 11.4. The molecule has 0 aliphatic carbocycles. The van der Waals surface area contributed by atoms with Crippen LogP contribution >= 0.6 is 0 Å². The lowest BCUT2D eigenvalue weighted by molar-refractivity contribution is 0.102. The van der Waals surface area contributed by atoms with Gasteiger partial charge >= 0.3 is 0 Å². The number of methoxy groups -OCH3 is 2. The average Bonchev–Trinajstić information content (AvgIpc) is 3.04. The number of aryl methyl sites for hydroxylation is 1. The number of nitrogens with zero attached hydrogens (tertiary/aromatic N) is 1. The molecule has 8 heteroatoms. The number of ether oxygens (including phenoxy) is 2. The van der Waals surface area contributed by atoms with Crippen molar-refractivity contribution in [2.24, 2.45) is 0 Å². The summed E-state index contributed by atoms with van der Waals surface area (Å²) in [5, 5.41) is 2.78. The van der Waals surface area contributed by atoms with Gasteiger partial charge in [-0.1, -0.05) is 18.9 Å². The third-order valence-electron chi connectivity index (χ3n) is 5.28. The van der Waals surface area contributed by atoms with Crippen LogP contribution in [0.1, 0.15) is 41.6 Å². The zero-order chi connectivity index (χ0) is 21.7. The second-order valence-corrected chi connectivity index (χ2v) is 9.23. The van der Waals surface area contributed by atoms with Gasteiger partial charge in [-0.15, -0.1) is 0 Å². The first-order chi connectivity index (χ1) is 14.4. The van der Waals surface area contributed by atoms with Crippen LogP contribution in [0.3, 0.4) is 0 Å². The molecule has 1 N–H and O–H groups in total. The lowest BCUT2D eigenvalue weighted by atomic mass is 10.1. The van der Waals surface area contributed by atoms with Crippen molar-refractivity contribution >= 4 is 21.6 Å². The van der Waals surface area contributed by atoms with Gasteiger partial charge in [0.1, 0.15) is 11.5 Å². The highest BCUT2D eigenvalue weighted by atomic mass is 32.2. The van der Waals surface area contributed by atoms with Gasteiger partial charge in [-0.25, -0.2) is 8.42 Å². The number of rotatable bonds is 6. The van der Waals surface area contributed by atoms with E-state index >= 15 is 0 Å². The van der Waals surface area contributed by atoms with Crippen LogP contribution in [0, 0.1) is 6.92 Å². The number of hydrogen-bond acceptors (Lipinski definition) is 5. The number of nitrogens with one attached hydrogen (secondary N) is 1. The maximum atomic E-state index is 13.2. The Hall–Kier alpha value is -2.58. The summed E-state index contributed by atoms with van der Waals surface area (Å²) in [6.07, 6.45) is 3.83. The summed E-state index contributed by atoms with van der Waals surface area (Å²) in [7, 11) is -0.610. The normalized spacial score (nSPS) is 15.3. The Kier molecular flexibility index (Phi) is 6.99. The Bertz CT molecular complexity index is 1010. The molecule has 30 heavy (non-hydrogen) atoms. The molecule has 1 aliphatic rings. The van der Waals surface area contributed by atoms with E-state index in [2.05, 4.69) is 5.32 Å². The number of carbonyl (C=O) groups is 1. The van der Waals surface area contributed by atoms with Gasteiger partial charge in [0, 0.05) is 24.8 Å². The Balaban J connectivity index is 1.87. The fourth-order valence-corrected chi connectivity index (χ4v) is 5.33. The maximum absolute atomic E-state index is 13.2. The van der Waals surface area contributed by atoms with E-state index in [0.717, 1.165) is 25.7 Å². The summed E-state index contributed by atoms with van der Waals surface area (Å²) in [6, 6.07) is 9.84. The number of amides is 1. The molecule has 0 bridgehead atoms. The molecule has 0 saturated carbocycles. The van der Waals surface area contributed by atoms with Crippen LogP contribution < -0.4 is 14.8 Å². The summed E-state index contributed by atoms with van der Waals surface area (Å²) < 4.78 is 38.4. The summed E-state index contributed by atoms with van der Waals surface area (Å²) in [4.78, 5) is 13.0. The van der Waals surface area contributed by atoms with Gasteiger partial charge in [0.05, 0.1) is 24.7 Å². The lowest BCUT2D eigenvalue weighted by Gasteiger charge is -2.21. The number of sulfonamides is 1. The summed E-state index contributed by atoms with van der Waals surface area (Å²) in [6.45, 7) is 2.83. The van der Waals surface area contributed by atoms with Crippen molar-refractivity contribution in [2.45, 2.75) is 37.5 Å². The predicted molar refractivity (Wildman–Crippen MR) is 116 cm³/mol. The number of hydrogen-bond donors (Lipinski definition) is 1. The van der Waals surface area contributed by atoms with Crippen molar-refractivity contribution in [3.05, 3.63) is 47.5 Å². The molecule has 0 spiro atoms. The largest absolute Gasteiger partial charge is 0.497 e. The second kappa shape index (κ2) is 9.49. The molecule has 0 atom stereocenters. The highest BCUT2D eigenvalue weighted by molar-refractivity contribution is 7.89. The van der Waals surface area contributed by atoms with E-state index in [-0.39, 0.29) is 4.90 Å². The molecule has 0 radical (unpaired) electrons. The van der Waals surface area contributed by atoms with Crippen molar-refractivity contribution in [1.82, 2.24) is 4.31 Å². The molecule has 0 aromatic heterocycles. The maximum Gasteiger partial charge on any atom is 0.259 e. The zero-order valence-corrected chi connectivity index (χ0v) is 18.4. The van der Waals surface area contributed by atoms with Gasteiger partial charge in [-0.05, 0) is 49.6 Å². The third kappa shape index (κ3) is 4.76. The van der Waals surface area contributed by atoms with Crippen LogP contribution in [0.25, 0.3) is 0 Å². The molecule has 1 fully saturated rings. The molecule has 0 unspecified atom stereocenters. The topological polar surface area (TPSA) is 84.9 Å². The van der Waals surface area contributed by atoms with Crippen molar-refractivity contribution in [2.75, 3.05) is 32.6 Å². The van der Waals surface area contributed by atoms with Crippen molar-refractivity contribution in [3.63, 3.8) is 0 Å². The fraction of sp³-hybridized carbons (Fsp3) is 0.409. The zero-order valence-electron chi connectivity index (χ0n) is 17.6. The molecule has 1 amide bonds. The van der Waals surface area contributed by atoms with Crippen molar-refractivity contribution < 1.29 is 22.7 Å². The van der Waals surface area contributed by atoms with Gasteiger partial charge in [0.15, 0.2) is 0 Å². The van der Waals surface area contributed by atoms with Gasteiger partial charge in [-0.2, -0.15) is 4.31 Å². The molecular formula is C22H28N2O5S. The minimum Gasteiger partial charge on any atom is -0.497 e. The predicted octanol–water partition coefficient (Wildman–Crippen LogP) is 3.83. The van der Waals surface area contributed by atoms with Gasteiger partial charge < -0.3 is 14.8 Å². The Morgan fingerprint density at radius 2 is 1.67 bits per heavy atom. The van der Waals surface area contributed by atoms with Crippen LogP contribution in [0.5, 0.6) is 11.5 Å². The van der Waals surface area contributed by atoms with Crippen LogP contribution in [-0.4, -0.2) is 45.9 Å². The lowest BCUT2D eigenvalue weighted by Crippen LogP contribution is -2.32. The first kappa shape index (κ1) is 22.1. The van der Waals surface area contributed by atoms with E-state index in [1.54, 1.807) is 41.6 Å². The second-order valence-electron chi connectivity index (χ2n) is 7.32. The van der Waals surface area contributed by atoms with E-state index in [1.165, 1.54) is 20.3 Å². The minimum atomic E-state index is -3.62. The fourth-order valence-electron chi connectivity index (χ4n) is 3.56. The van der Waals surface area contributed by atoms with E-state index in [9.17, 15) is 13.2 Å². The van der Waals surface area contributed by atoms with Crippen LogP contribution in [-0.2, 0) is 10.0 Å². The van der Waals surface area contributed by atoms with Gasteiger partial charge in [-0.3, -0.25) is 4.79 Å². The first-order valence-electron chi connectivity index (χ1n) is 10.0. The highest BCUT2D eigenvalue weighted by Crippen LogP contribution is 2.28. The Morgan fingerprint density at radius 3 is 2.30 bits per heavy atom. The number of benzene rings is 2. The molecule has 1 heterocycles. The minimum absolute atomic E-state index is 0.226. The Morgan fingerprint density at radius 1 is 0.967 bits per heavy atom. The molecule has 162 valence electrons. The summed E-state index contributed by atoms with van der Waals surface area (Å²) >= 11 is 0. The van der Waals surface area contributed by atoms with Crippen LogP contribution in [0.2, 0.25) is 0 Å². The van der Waals surface area contributed by atoms with Crippen molar-refractivity contribution in [1.29, 1.82) is 0 Å². The van der Waals surface area contributed by atoms with Crippen LogP contribution in [0.15, 0.2) is 41.3 Å². The van der Waals surface area contributed by atoms with E-state index in [1.807, 2.05) is 0 Å². The Labute approximate surface area is 178 Å². The SMILES string of the molecule is COc1ccc(C(=O)Nc2ccc(C)c(S(=O)(=O)N3CCCCCC3)c2)c(OC)c1. The molecular weight excluding hydrogens is 404 g/mol. The molecule has 2 aromatic rings. The monoisotopic (exact) mass is 432 g/mol. The molecule has 1 aliphatic heterocycles. The van der Waals surface area contributed by atoms with E-state index in [0.29, 0.717) is 41.4 Å². The van der Waals surface area contributed by atoms with Gasteiger partial charge in [0.25, 0.3) is 5.91 Å².